The number of carbonyl (C=O) groups excluding carboxylic acids is 2. The largest absolute Gasteiger partial charge is 0.360 e. The van der Waals surface area contributed by atoms with E-state index >= 15 is 0 Å². The second kappa shape index (κ2) is 4.90. The van der Waals surface area contributed by atoms with E-state index in [0.29, 0.717) is 28.0 Å². The SMILES string of the molecule is CC(=O)n1cc(C(=O)Nc2cc(C)on2)c2ccccc21. The lowest BCUT2D eigenvalue weighted by atomic mass is 10.1. The van der Waals surface area contributed by atoms with Crippen LogP contribution in [0.15, 0.2) is 41.1 Å². The summed E-state index contributed by atoms with van der Waals surface area (Å²) in [5.41, 5.74) is 1.12. The number of hydrogen-bond donors (Lipinski definition) is 1. The van der Waals surface area contributed by atoms with Crippen molar-refractivity contribution in [3.8, 4) is 0 Å². The second-order valence-electron chi connectivity index (χ2n) is 4.73. The molecule has 2 heterocycles. The van der Waals surface area contributed by atoms with Crippen molar-refractivity contribution in [2.45, 2.75) is 13.8 Å². The van der Waals surface area contributed by atoms with Crippen molar-refractivity contribution < 1.29 is 14.1 Å². The monoisotopic (exact) mass is 283 g/mol. The lowest BCUT2D eigenvalue weighted by Gasteiger charge is -1.98. The molecule has 0 aliphatic carbocycles. The molecule has 0 spiro atoms. The predicted molar refractivity (Wildman–Crippen MR) is 77.4 cm³/mol. The standard InChI is InChI=1S/C15H13N3O3/c1-9-7-14(17-21-9)16-15(20)12-8-18(10(2)19)13-6-4-3-5-11(12)13/h3-8H,1-2H3,(H,16,17,20). The number of rotatable bonds is 2. The van der Waals surface area contributed by atoms with Crippen LogP contribution in [0, 0.1) is 6.92 Å². The van der Waals surface area contributed by atoms with Gasteiger partial charge in [-0.2, -0.15) is 0 Å². The van der Waals surface area contributed by atoms with Gasteiger partial charge in [0.15, 0.2) is 5.82 Å². The first-order valence-electron chi connectivity index (χ1n) is 6.42. The molecule has 0 aliphatic rings. The summed E-state index contributed by atoms with van der Waals surface area (Å²) < 4.78 is 6.36. The molecular weight excluding hydrogens is 270 g/mol. The average Bonchev–Trinajstić information content (AvgIpc) is 3.02. The first-order valence-corrected chi connectivity index (χ1v) is 6.42. The number of nitrogens with zero attached hydrogens (tertiary/aromatic N) is 2. The molecule has 0 bridgehead atoms. The Bertz CT molecular complexity index is 845. The van der Waals surface area contributed by atoms with Gasteiger partial charge in [0, 0.05) is 24.6 Å². The van der Waals surface area contributed by atoms with E-state index in [1.54, 1.807) is 25.1 Å². The molecule has 6 nitrogen and oxygen atoms in total. The van der Waals surface area contributed by atoms with E-state index in [-0.39, 0.29) is 11.8 Å². The fourth-order valence-electron chi connectivity index (χ4n) is 2.23. The molecule has 0 saturated carbocycles. The van der Waals surface area contributed by atoms with Crippen molar-refractivity contribution in [1.82, 2.24) is 9.72 Å². The molecule has 0 aliphatic heterocycles. The first-order chi connectivity index (χ1) is 10.1. The van der Waals surface area contributed by atoms with Gasteiger partial charge in [0.1, 0.15) is 5.76 Å². The fraction of sp³-hybridized carbons (Fsp3) is 0.133. The van der Waals surface area contributed by atoms with E-state index < -0.39 is 0 Å². The van der Waals surface area contributed by atoms with Crippen LogP contribution < -0.4 is 5.32 Å². The number of fused-ring (bicyclic) bond motifs is 1. The highest BCUT2D eigenvalue weighted by atomic mass is 16.5. The molecule has 106 valence electrons. The maximum absolute atomic E-state index is 12.4. The Labute approximate surface area is 120 Å². The molecule has 0 unspecified atom stereocenters. The van der Waals surface area contributed by atoms with Crippen LogP contribution in [0.3, 0.4) is 0 Å². The van der Waals surface area contributed by atoms with Gasteiger partial charge in [-0.3, -0.25) is 14.2 Å². The van der Waals surface area contributed by atoms with E-state index in [1.807, 2.05) is 12.1 Å². The van der Waals surface area contributed by atoms with E-state index in [1.165, 1.54) is 17.7 Å². The van der Waals surface area contributed by atoms with Crippen molar-refractivity contribution in [3.63, 3.8) is 0 Å². The molecule has 21 heavy (non-hydrogen) atoms. The summed E-state index contributed by atoms with van der Waals surface area (Å²) in [5.74, 6) is 0.468. The molecule has 0 saturated heterocycles. The van der Waals surface area contributed by atoms with E-state index in [4.69, 9.17) is 4.52 Å². The van der Waals surface area contributed by atoms with Crippen molar-refractivity contribution in [1.29, 1.82) is 0 Å². The molecule has 3 aromatic rings. The molecule has 0 radical (unpaired) electrons. The number of aryl methyl sites for hydroxylation is 1. The van der Waals surface area contributed by atoms with Crippen LogP contribution in [0.5, 0.6) is 0 Å². The Morgan fingerprint density at radius 2 is 2.05 bits per heavy atom. The minimum atomic E-state index is -0.334. The first kappa shape index (κ1) is 13.1. The Balaban J connectivity index is 2.03. The Morgan fingerprint density at radius 1 is 1.29 bits per heavy atom. The topological polar surface area (TPSA) is 77.1 Å². The van der Waals surface area contributed by atoms with E-state index in [0.717, 1.165) is 0 Å². The number of para-hydroxylation sites is 1. The van der Waals surface area contributed by atoms with Gasteiger partial charge in [0.2, 0.25) is 5.91 Å². The predicted octanol–water partition coefficient (Wildman–Crippen LogP) is 2.85. The van der Waals surface area contributed by atoms with E-state index in [2.05, 4.69) is 10.5 Å². The van der Waals surface area contributed by atoms with Crippen LogP contribution in [-0.4, -0.2) is 21.5 Å². The second-order valence-corrected chi connectivity index (χ2v) is 4.73. The van der Waals surface area contributed by atoms with Gasteiger partial charge in [-0.1, -0.05) is 23.4 Å². The van der Waals surface area contributed by atoms with Gasteiger partial charge >= 0.3 is 0 Å². The quantitative estimate of drug-likeness (QED) is 0.784. The lowest BCUT2D eigenvalue weighted by molar-refractivity contribution is 0.0941. The fourth-order valence-corrected chi connectivity index (χ4v) is 2.23. The minimum Gasteiger partial charge on any atom is -0.360 e. The summed E-state index contributed by atoms with van der Waals surface area (Å²) in [4.78, 5) is 24.0. The number of anilines is 1. The molecule has 3 rings (SSSR count). The highest BCUT2D eigenvalue weighted by Crippen LogP contribution is 2.22. The van der Waals surface area contributed by atoms with Crippen molar-refractivity contribution in [2.24, 2.45) is 0 Å². The molecule has 1 N–H and O–H groups in total. The lowest BCUT2D eigenvalue weighted by Crippen LogP contribution is -2.12. The third-order valence-corrected chi connectivity index (χ3v) is 3.17. The van der Waals surface area contributed by atoms with Crippen molar-refractivity contribution in [2.75, 3.05) is 5.32 Å². The summed E-state index contributed by atoms with van der Waals surface area (Å²) in [6.07, 6.45) is 1.54. The number of aromatic nitrogens is 2. The molecule has 2 aromatic heterocycles. The summed E-state index contributed by atoms with van der Waals surface area (Å²) in [6.45, 7) is 3.19. The number of benzene rings is 1. The summed E-state index contributed by atoms with van der Waals surface area (Å²) >= 11 is 0. The zero-order chi connectivity index (χ0) is 15.0. The highest BCUT2D eigenvalue weighted by molar-refractivity contribution is 6.14. The number of amides is 1. The number of carbonyl (C=O) groups is 2. The smallest absolute Gasteiger partial charge is 0.259 e. The van der Waals surface area contributed by atoms with Crippen LogP contribution in [0.1, 0.15) is 27.8 Å². The number of nitrogens with one attached hydrogen (secondary N) is 1. The Hall–Kier alpha value is -2.89. The normalized spacial score (nSPS) is 10.8. The number of hydrogen-bond acceptors (Lipinski definition) is 4. The van der Waals surface area contributed by atoms with Crippen molar-refractivity contribution in [3.05, 3.63) is 47.9 Å². The Morgan fingerprint density at radius 3 is 2.71 bits per heavy atom. The third kappa shape index (κ3) is 2.31. The van der Waals surface area contributed by atoms with Crippen LogP contribution in [0.4, 0.5) is 5.82 Å². The van der Waals surface area contributed by atoms with Gasteiger partial charge in [-0.25, -0.2) is 0 Å². The van der Waals surface area contributed by atoms with Crippen LogP contribution in [-0.2, 0) is 0 Å². The summed E-state index contributed by atoms with van der Waals surface area (Å²) in [6, 6.07) is 8.88. The van der Waals surface area contributed by atoms with Crippen LogP contribution in [0.2, 0.25) is 0 Å². The van der Waals surface area contributed by atoms with Gasteiger partial charge < -0.3 is 9.84 Å². The zero-order valence-corrected chi connectivity index (χ0v) is 11.6. The molecule has 1 amide bonds. The van der Waals surface area contributed by atoms with Gasteiger partial charge in [-0.15, -0.1) is 0 Å². The Kier molecular flexibility index (Phi) is 3.06. The zero-order valence-electron chi connectivity index (χ0n) is 11.6. The van der Waals surface area contributed by atoms with Gasteiger partial charge in [-0.05, 0) is 13.0 Å². The molecule has 1 aromatic carbocycles. The van der Waals surface area contributed by atoms with Gasteiger partial charge in [0.25, 0.3) is 5.91 Å². The highest BCUT2D eigenvalue weighted by Gasteiger charge is 2.17. The molecule has 6 heteroatoms. The summed E-state index contributed by atoms with van der Waals surface area (Å²) in [7, 11) is 0. The molecule has 0 fully saturated rings. The molecular formula is C15H13N3O3. The third-order valence-electron chi connectivity index (χ3n) is 3.17. The van der Waals surface area contributed by atoms with Crippen molar-refractivity contribution >= 4 is 28.5 Å². The maximum Gasteiger partial charge on any atom is 0.259 e. The average molecular weight is 283 g/mol. The van der Waals surface area contributed by atoms with E-state index in [9.17, 15) is 9.59 Å². The maximum atomic E-state index is 12.4. The van der Waals surface area contributed by atoms with Crippen LogP contribution in [0.25, 0.3) is 10.9 Å². The van der Waals surface area contributed by atoms with Gasteiger partial charge in [0.05, 0.1) is 11.1 Å². The summed E-state index contributed by atoms with van der Waals surface area (Å²) in [5, 5.41) is 7.09. The molecule has 0 atom stereocenters. The minimum absolute atomic E-state index is 0.150. The van der Waals surface area contributed by atoms with Crippen LogP contribution >= 0.6 is 0 Å².